The molecule has 0 spiro atoms. The minimum atomic E-state index is -1.18. The first-order valence-corrected chi connectivity index (χ1v) is 38.3. The fourth-order valence-electron chi connectivity index (χ4n) is 10.2. The van der Waals surface area contributed by atoms with Gasteiger partial charge in [-0.25, -0.2) is 38.4 Å². The predicted octanol–water partition coefficient (Wildman–Crippen LogP) is 7.30. The van der Waals surface area contributed by atoms with Gasteiger partial charge in [-0.15, -0.1) is 10.2 Å². The van der Waals surface area contributed by atoms with Crippen molar-refractivity contribution >= 4 is 97.8 Å². The molecular weight excluding hydrogens is 1610 g/mol. The molecule has 1 aliphatic rings. The van der Waals surface area contributed by atoms with E-state index in [4.69, 9.17) is 96.0 Å². The molecule has 1 saturated heterocycles. The van der Waals surface area contributed by atoms with E-state index in [2.05, 4.69) is 53.7 Å². The van der Waals surface area contributed by atoms with Crippen molar-refractivity contribution < 1.29 is 146 Å². The molecule has 1 aliphatic heterocycles. The number of nitrogens with one attached hydrogen (secondary N) is 2. The van der Waals surface area contributed by atoms with Gasteiger partial charge in [0.05, 0.1) is 127 Å². The van der Waals surface area contributed by atoms with Crippen LogP contribution in [0.15, 0.2) is 104 Å². The van der Waals surface area contributed by atoms with Gasteiger partial charge in [0.15, 0.2) is 5.75 Å². The third kappa shape index (κ3) is 40.6. The molecule has 2 N–H and O–H groups in total. The van der Waals surface area contributed by atoms with Crippen LogP contribution >= 0.6 is 0 Å². The largest absolute Gasteiger partial charge is 0.513 e. The predicted molar refractivity (Wildman–Crippen MR) is 429 cm³/mol. The first kappa shape index (κ1) is 104. The summed E-state index contributed by atoms with van der Waals surface area (Å²) in [4.78, 5) is 123. The Morgan fingerprint density at radius 1 is 0.533 bits per heavy atom. The Kier molecular flexibility index (Phi) is 50.6. The van der Waals surface area contributed by atoms with E-state index < -0.39 is 58.5 Å². The van der Waals surface area contributed by atoms with Crippen LogP contribution in [0.4, 0.5) is 30.6 Å². The molecule has 6 aromatic rings. The molecule has 39 nitrogen and oxygen atoms in total. The maximum atomic E-state index is 12.9. The van der Waals surface area contributed by atoms with Crippen LogP contribution in [0.25, 0.3) is 21.9 Å². The van der Waals surface area contributed by atoms with Crippen molar-refractivity contribution in [3.63, 3.8) is 0 Å². The molecule has 2 amide bonds. The van der Waals surface area contributed by atoms with Gasteiger partial charge in [-0.3, -0.25) is 19.0 Å². The molecule has 0 bridgehead atoms. The zero-order valence-corrected chi connectivity index (χ0v) is 71.2. The number of aromatic nitrogens is 6. The number of anilines is 2. The summed E-state index contributed by atoms with van der Waals surface area (Å²) in [6, 6.07) is 12.7. The summed E-state index contributed by atoms with van der Waals surface area (Å²) in [5, 5.41) is 22.2. The van der Waals surface area contributed by atoms with Crippen molar-refractivity contribution in [1.82, 2.24) is 40.6 Å². The van der Waals surface area contributed by atoms with Crippen molar-refractivity contribution in [2.24, 2.45) is 10.8 Å². The van der Waals surface area contributed by atoms with Crippen molar-refractivity contribution in [1.29, 1.82) is 0 Å². The Balaban J connectivity index is 0.000000513. The van der Waals surface area contributed by atoms with Crippen LogP contribution in [0.2, 0.25) is 0 Å². The molecule has 1 unspecified atom stereocenters. The van der Waals surface area contributed by atoms with Gasteiger partial charge in [0, 0.05) is 124 Å². The number of rotatable bonds is 49. The summed E-state index contributed by atoms with van der Waals surface area (Å²) >= 11 is 0. The Labute approximate surface area is 710 Å². The smallest absolute Gasteiger partial charge is 0.494 e. The number of esters is 4. The van der Waals surface area contributed by atoms with E-state index in [0.717, 1.165) is 30.7 Å². The first-order chi connectivity index (χ1) is 57.1. The monoisotopic (exact) mass is 1720 g/mol. The Bertz CT molecular complexity index is 4250. The van der Waals surface area contributed by atoms with E-state index in [1.54, 1.807) is 87.1 Å². The number of ether oxygens (including phenoxy) is 15. The average Bonchev–Trinajstić information content (AvgIpc) is 1.76. The minimum Gasteiger partial charge on any atom is -0.513 e. The Morgan fingerprint density at radius 3 is 1.43 bits per heavy atom. The van der Waals surface area contributed by atoms with Crippen LogP contribution in [0.5, 0.6) is 5.75 Å². The van der Waals surface area contributed by atoms with E-state index in [-0.39, 0.29) is 113 Å². The van der Waals surface area contributed by atoms with E-state index in [1.807, 2.05) is 43.6 Å². The van der Waals surface area contributed by atoms with Gasteiger partial charge < -0.3 is 110 Å². The third-order valence-electron chi connectivity index (χ3n) is 17.2. The van der Waals surface area contributed by atoms with Gasteiger partial charge in [0.2, 0.25) is 0 Å². The number of alkyl carbamates (subject to hydrolysis) is 2. The van der Waals surface area contributed by atoms with Crippen molar-refractivity contribution in [2.75, 3.05) is 169 Å². The number of benzene rings is 2. The molecule has 120 heavy (non-hydrogen) atoms. The number of likely N-dealkylation sites (N-methyl/N-ethyl adjacent to an activating group) is 2. The van der Waals surface area contributed by atoms with Crippen LogP contribution in [0, 0.1) is 10.8 Å². The molecule has 1 atom stereocenters. The molecule has 42 heteroatoms. The fourth-order valence-corrected chi connectivity index (χ4v) is 10.2. The minimum absolute atomic E-state index is 0. The number of methoxy groups -OCH3 is 2. The van der Waals surface area contributed by atoms with Crippen molar-refractivity contribution in [2.45, 2.75) is 120 Å². The van der Waals surface area contributed by atoms with Gasteiger partial charge in [-0.05, 0) is 105 Å². The van der Waals surface area contributed by atoms with E-state index in [0.29, 0.717) is 157 Å². The summed E-state index contributed by atoms with van der Waals surface area (Å²) in [7, 11) is 12.8. The molecule has 4 aromatic heterocycles. The van der Waals surface area contributed by atoms with Crippen LogP contribution in [0.3, 0.4) is 0 Å². The number of hydrogen-bond donors (Lipinski definition) is 2. The maximum Gasteiger partial charge on any atom is 0.494 e. The van der Waals surface area contributed by atoms with E-state index >= 15 is 0 Å². The molecule has 0 aliphatic carbocycles. The zero-order valence-electron chi connectivity index (χ0n) is 69.8. The Hall–Kier alpha value is -10.4. The zero-order chi connectivity index (χ0) is 87.4. The van der Waals surface area contributed by atoms with Gasteiger partial charge >= 0.3 is 75.7 Å². The van der Waals surface area contributed by atoms with Gasteiger partial charge in [-0.2, -0.15) is 0 Å². The number of carbonyl (C=O) groups excluding carboxylic acids is 8. The number of carbonyl (C=O) groups is 8. The quantitative estimate of drug-likeness (QED) is 0.00944. The summed E-state index contributed by atoms with van der Waals surface area (Å²) in [6.07, 6.45) is 3.52. The fraction of sp³-hybridized carbons (Fsp3) is 0.564. The molecule has 2 aromatic carbocycles. The van der Waals surface area contributed by atoms with Crippen LogP contribution in [0.1, 0.15) is 104 Å². The maximum absolute atomic E-state index is 12.9. The Morgan fingerprint density at radius 2 is 0.975 bits per heavy atom. The molecular formula is C78H110B2N10O29V. The van der Waals surface area contributed by atoms with Gasteiger partial charge in [0.1, 0.15) is 68.8 Å². The standard InChI is InChI=1S/C38H54BN5O14.C25H28BN5O9.C11H20O5.C4H8O.V/c1-7-38(5,34(47)54-22-21-52-20-19-51-18-17-50-6)12-11-37(3,4)33(46)53-16-13-40-35(48)55-26-27-25-44(42-41-27)15-14-43(8-2)28-9-10-29-30(23-28)56-32(45)24-31(29)57-36(49)58-39;1-4-30(19-5-6-20-17(14-38-25(35)40-26)11-22(32)39-21(20)12-19)8-9-31-13-18(28-29-31)15-37-24(34)27-7-10-36-23(33)16(2)3;1-10(2)11(12)16-9-8-15-7-6-14-5-4-13-3;1-2-4-5-3-1;/h9-10,23-25H,7-8,11-22,26H2,1-6H3,(H,40,48);5-6,11-13H,2,4,7-10,14-15H2,1,3H3,(H,27,34);1,4-9H2,2-3H3;1-4H2;. The molecule has 657 valence electrons. The molecule has 7 rings (SSSR count). The van der Waals surface area contributed by atoms with Crippen LogP contribution < -0.4 is 36.4 Å². The molecule has 5 heterocycles. The van der Waals surface area contributed by atoms with E-state index in [1.165, 1.54) is 25.8 Å². The first-order valence-electron chi connectivity index (χ1n) is 38.3. The second-order valence-electron chi connectivity index (χ2n) is 26.8. The van der Waals surface area contributed by atoms with Crippen molar-refractivity contribution in [3.05, 3.63) is 123 Å². The molecule has 1 fully saturated rings. The molecule has 5 radical (unpaired) electrons. The number of amides is 2. The van der Waals surface area contributed by atoms with E-state index in [9.17, 15) is 47.9 Å². The van der Waals surface area contributed by atoms with Gasteiger partial charge in [0.25, 0.3) is 0 Å². The molecule has 0 saturated carbocycles. The van der Waals surface area contributed by atoms with Crippen LogP contribution in [-0.4, -0.2) is 254 Å². The number of hydrogen-bond acceptors (Lipinski definition) is 35. The number of nitrogens with zero attached hydrogens (tertiary/aromatic N) is 8. The average molecular weight is 1720 g/mol. The topological polar surface area (TPSA) is 446 Å². The second kappa shape index (κ2) is 58.5. The SMILES string of the molecule is C1CCOC1.C=C(C)C(=O)OCCOCCOCCOC.[B]OC(=O)OCc1cc(=O)oc2cc(N(CC)CCn3cc(COC(=O)NCCOC(=O)C(=C)C)nn3)ccc12.[B]OC(=O)Oc1cc(=O)oc2cc(N(CC)CCn3cc(COC(=O)NCCOC(=O)C(C)(C)CCC(C)(CC)C(=O)OCCOCCOCCOC)nn3)ccc12.[V]. The summed E-state index contributed by atoms with van der Waals surface area (Å²) in [5.74, 6) is -1.79. The summed E-state index contributed by atoms with van der Waals surface area (Å²) in [5.41, 5.74) is 1.04. The van der Waals surface area contributed by atoms with Gasteiger partial charge in [-0.1, -0.05) is 30.5 Å². The van der Waals surface area contributed by atoms with Crippen LogP contribution in [-0.2, 0) is 146 Å². The normalized spacial score (nSPS) is 11.8. The number of fused-ring (bicyclic) bond motifs is 2. The second-order valence-corrected chi connectivity index (χ2v) is 26.8. The summed E-state index contributed by atoms with van der Waals surface area (Å²) in [6.45, 7) is 30.9. The van der Waals surface area contributed by atoms with Crippen molar-refractivity contribution in [3.8, 4) is 5.75 Å². The summed E-state index contributed by atoms with van der Waals surface area (Å²) < 4.78 is 98.4. The third-order valence-corrected chi connectivity index (χ3v) is 17.2.